The first-order valence-corrected chi connectivity index (χ1v) is 15.3. The molecule has 2 aromatic rings. The van der Waals surface area contributed by atoms with E-state index in [1.54, 1.807) is 0 Å². The van der Waals surface area contributed by atoms with Gasteiger partial charge in [0.15, 0.2) is 0 Å². The van der Waals surface area contributed by atoms with Crippen LogP contribution < -0.4 is 10.1 Å². The van der Waals surface area contributed by atoms with Crippen LogP contribution in [0.2, 0.25) is 10.0 Å². The molecule has 0 bridgehead atoms. The third-order valence-electron chi connectivity index (χ3n) is 6.81. The summed E-state index contributed by atoms with van der Waals surface area (Å²) < 4.78 is 5.48. The number of unbranched alkanes of at least 4 members (excludes halogenated alkanes) is 14. The van der Waals surface area contributed by atoms with Gasteiger partial charge in [0.1, 0.15) is 5.75 Å². The average molecular weight is 594 g/mol. The number of nitrogens with zero attached hydrogens (tertiary/aromatic N) is 1. The largest absolute Gasteiger partial charge is 0.426 e. The molecule has 1 N–H and O–H groups in total. The maximum atomic E-state index is 12.9. The Kier molecular flexibility index (Phi) is 16.3. The first-order valence-electron chi connectivity index (χ1n) is 14.6. The van der Waals surface area contributed by atoms with Gasteiger partial charge in [0, 0.05) is 23.6 Å². The molecule has 7 nitrogen and oxygen atoms in total. The van der Waals surface area contributed by atoms with E-state index in [1.165, 1.54) is 107 Å². The van der Waals surface area contributed by atoms with E-state index in [2.05, 4.69) is 12.2 Å². The Morgan fingerprint density at radius 2 is 1.35 bits per heavy atom. The predicted molar refractivity (Wildman–Crippen MR) is 163 cm³/mol. The molecule has 220 valence electrons. The van der Waals surface area contributed by atoms with Crippen molar-refractivity contribution in [1.29, 1.82) is 0 Å². The van der Waals surface area contributed by atoms with Crippen molar-refractivity contribution in [3.05, 3.63) is 62.1 Å². The Labute approximate surface area is 248 Å². The van der Waals surface area contributed by atoms with E-state index in [4.69, 9.17) is 27.9 Å². The van der Waals surface area contributed by atoms with Gasteiger partial charge in [-0.3, -0.25) is 19.7 Å². The summed E-state index contributed by atoms with van der Waals surface area (Å²) in [6.45, 7) is 2.25. The standard InChI is InChI=1S/C31H42Cl2N2O5/c1-2-3-4-5-6-7-8-9-10-11-12-13-14-15-16-17-30(36)40-29-21-18-24(32)22-26(29)31(37)34-28-20-19-25(35(38)39)23-27(28)33/h18-23H,2-17H2,1H3,(H,34,37). The second-order valence-electron chi connectivity index (χ2n) is 10.2. The number of halogens is 2. The Morgan fingerprint density at radius 3 is 1.88 bits per heavy atom. The number of hydrogen-bond acceptors (Lipinski definition) is 5. The fourth-order valence-electron chi connectivity index (χ4n) is 4.49. The number of ether oxygens (including phenoxy) is 1. The van der Waals surface area contributed by atoms with Crippen LogP contribution in [-0.2, 0) is 4.79 Å². The highest BCUT2D eigenvalue weighted by molar-refractivity contribution is 6.34. The zero-order chi connectivity index (χ0) is 29.2. The van der Waals surface area contributed by atoms with Gasteiger partial charge in [-0.1, -0.05) is 120 Å². The Bertz CT molecular complexity index is 1090. The first kappa shape index (κ1) is 33.6. The van der Waals surface area contributed by atoms with Gasteiger partial charge in [0.2, 0.25) is 0 Å². The van der Waals surface area contributed by atoms with Crippen LogP contribution in [0.3, 0.4) is 0 Å². The summed E-state index contributed by atoms with van der Waals surface area (Å²) >= 11 is 12.2. The number of nitrogens with one attached hydrogen (secondary N) is 1. The zero-order valence-corrected chi connectivity index (χ0v) is 25.0. The molecule has 0 saturated carbocycles. The first-order chi connectivity index (χ1) is 19.3. The molecule has 0 heterocycles. The van der Waals surface area contributed by atoms with Gasteiger partial charge in [-0.05, 0) is 30.7 Å². The van der Waals surface area contributed by atoms with E-state index < -0.39 is 16.8 Å². The van der Waals surface area contributed by atoms with Crippen LogP contribution >= 0.6 is 23.2 Å². The maximum absolute atomic E-state index is 12.9. The number of anilines is 1. The molecule has 40 heavy (non-hydrogen) atoms. The minimum absolute atomic E-state index is 0.0105. The molecule has 0 radical (unpaired) electrons. The highest BCUT2D eigenvalue weighted by atomic mass is 35.5. The molecule has 0 atom stereocenters. The SMILES string of the molecule is CCCCCCCCCCCCCCCCCC(=O)Oc1ccc(Cl)cc1C(=O)Nc1ccc([N+](=O)[O-])cc1Cl. The number of carbonyl (C=O) groups excluding carboxylic acids is 2. The molecule has 0 aromatic heterocycles. The number of rotatable bonds is 20. The highest BCUT2D eigenvalue weighted by Crippen LogP contribution is 2.29. The van der Waals surface area contributed by atoms with Crippen molar-refractivity contribution in [3.8, 4) is 5.75 Å². The quantitative estimate of drug-likeness (QED) is 0.0541. The summed E-state index contributed by atoms with van der Waals surface area (Å²) in [6, 6.07) is 8.12. The number of nitro benzene ring substituents is 1. The molecule has 0 fully saturated rings. The Morgan fingerprint density at radius 1 is 0.800 bits per heavy atom. The molecular formula is C31H42Cl2N2O5. The van der Waals surface area contributed by atoms with E-state index in [1.807, 2.05) is 0 Å². The summed E-state index contributed by atoms with van der Waals surface area (Å²) in [4.78, 5) is 35.7. The normalized spacial score (nSPS) is 10.9. The fraction of sp³-hybridized carbons (Fsp3) is 0.548. The topological polar surface area (TPSA) is 98.5 Å². The summed E-state index contributed by atoms with van der Waals surface area (Å²) in [5.74, 6) is -0.932. The molecule has 0 aliphatic heterocycles. The Balaban J connectivity index is 1.66. The van der Waals surface area contributed by atoms with Crippen molar-refractivity contribution >= 4 is 46.5 Å². The van der Waals surface area contributed by atoms with Crippen LogP contribution in [0.1, 0.15) is 120 Å². The van der Waals surface area contributed by atoms with E-state index in [-0.39, 0.29) is 34.1 Å². The minimum Gasteiger partial charge on any atom is -0.426 e. The van der Waals surface area contributed by atoms with E-state index in [0.717, 1.165) is 25.3 Å². The second-order valence-corrected chi connectivity index (χ2v) is 11.0. The zero-order valence-electron chi connectivity index (χ0n) is 23.5. The molecule has 1 amide bonds. The molecule has 0 spiro atoms. The fourth-order valence-corrected chi connectivity index (χ4v) is 4.89. The smallest absolute Gasteiger partial charge is 0.311 e. The number of esters is 1. The number of hydrogen-bond donors (Lipinski definition) is 1. The minimum atomic E-state index is -0.604. The van der Waals surface area contributed by atoms with Gasteiger partial charge in [0.05, 0.1) is 21.2 Å². The summed E-state index contributed by atoms with van der Waals surface area (Å²) in [5, 5.41) is 13.8. The lowest BCUT2D eigenvalue weighted by atomic mass is 10.0. The summed E-state index contributed by atoms with van der Waals surface area (Å²) in [5.41, 5.74) is 0.0539. The van der Waals surface area contributed by atoms with Crippen molar-refractivity contribution in [3.63, 3.8) is 0 Å². The van der Waals surface area contributed by atoms with Crippen LogP contribution in [-0.4, -0.2) is 16.8 Å². The van der Waals surface area contributed by atoms with Crippen LogP contribution in [0.5, 0.6) is 5.75 Å². The average Bonchev–Trinajstić information content (AvgIpc) is 2.92. The number of benzene rings is 2. The molecule has 0 aliphatic carbocycles. The van der Waals surface area contributed by atoms with Gasteiger partial charge in [-0.2, -0.15) is 0 Å². The van der Waals surface area contributed by atoms with Gasteiger partial charge < -0.3 is 10.1 Å². The number of non-ortho nitro benzene ring substituents is 1. The monoisotopic (exact) mass is 592 g/mol. The van der Waals surface area contributed by atoms with Crippen molar-refractivity contribution in [2.75, 3.05) is 5.32 Å². The predicted octanol–water partition coefficient (Wildman–Crippen LogP) is 10.3. The lowest BCUT2D eigenvalue weighted by molar-refractivity contribution is -0.384. The summed E-state index contributed by atoms with van der Waals surface area (Å²) in [6.07, 6.45) is 18.9. The second kappa shape index (κ2) is 19.4. The highest BCUT2D eigenvalue weighted by Gasteiger charge is 2.18. The van der Waals surface area contributed by atoms with E-state index in [9.17, 15) is 19.7 Å². The molecule has 2 aromatic carbocycles. The Hall–Kier alpha value is -2.64. The van der Waals surface area contributed by atoms with Crippen LogP contribution in [0.15, 0.2) is 36.4 Å². The van der Waals surface area contributed by atoms with Gasteiger partial charge in [-0.15, -0.1) is 0 Å². The van der Waals surface area contributed by atoms with Crippen LogP contribution in [0.25, 0.3) is 0 Å². The van der Waals surface area contributed by atoms with Crippen molar-refractivity contribution in [2.24, 2.45) is 0 Å². The van der Waals surface area contributed by atoms with E-state index >= 15 is 0 Å². The third-order valence-corrected chi connectivity index (χ3v) is 7.35. The lowest BCUT2D eigenvalue weighted by Crippen LogP contribution is -2.16. The molecular weight excluding hydrogens is 551 g/mol. The molecule has 0 saturated heterocycles. The van der Waals surface area contributed by atoms with Gasteiger partial charge in [0.25, 0.3) is 11.6 Å². The van der Waals surface area contributed by atoms with Crippen LogP contribution in [0, 0.1) is 10.1 Å². The molecule has 9 heteroatoms. The molecule has 0 aliphatic rings. The lowest BCUT2D eigenvalue weighted by Gasteiger charge is -2.12. The number of carbonyl (C=O) groups is 2. The molecule has 2 rings (SSSR count). The molecule has 0 unspecified atom stereocenters. The van der Waals surface area contributed by atoms with Gasteiger partial charge in [-0.25, -0.2) is 0 Å². The van der Waals surface area contributed by atoms with E-state index in [0.29, 0.717) is 5.02 Å². The van der Waals surface area contributed by atoms with Gasteiger partial charge >= 0.3 is 5.97 Å². The number of amides is 1. The third kappa shape index (κ3) is 13.1. The van der Waals surface area contributed by atoms with Crippen molar-refractivity contribution in [1.82, 2.24) is 0 Å². The van der Waals surface area contributed by atoms with Crippen LogP contribution in [0.4, 0.5) is 11.4 Å². The summed E-state index contributed by atoms with van der Waals surface area (Å²) in [7, 11) is 0. The van der Waals surface area contributed by atoms with Crippen molar-refractivity contribution in [2.45, 2.75) is 110 Å². The van der Waals surface area contributed by atoms with Crippen molar-refractivity contribution < 1.29 is 19.2 Å². The number of nitro groups is 1. The maximum Gasteiger partial charge on any atom is 0.311 e.